The van der Waals surface area contributed by atoms with Crippen LogP contribution in [-0.2, 0) is 14.6 Å². The summed E-state index contributed by atoms with van der Waals surface area (Å²) in [5.74, 6) is 0. The Bertz CT molecular complexity index is 772. The molecule has 0 aliphatic heterocycles. The highest BCUT2D eigenvalue weighted by Gasteiger charge is 2.21. The molecule has 5 nitrogen and oxygen atoms in total. The summed E-state index contributed by atoms with van der Waals surface area (Å²) in [6.45, 7) is 3.72. The number of hydrogen-bond donors (Lipinski definition) is 2. The van der Waals surface area contributed by atoms with Gasteiger partial charge in [0.25, 0.3) is 0 Å². The molecule has 0 fully saturated rings. The number of carbonyl (C=O) groups excluding carboxylic acids is 1. The number of carbonyl (C=O) groups is 1. The van der Waals surface area contributed by atoms with Gasteiger partial charge in [0.15, 0.2) is 0 Å². The summed E-state index contributed by atoms with van der Waals surface area (Å²) in [4.78, 5) is 13.8. The second-order valence-corrected chi connectivity index (χ2v) is 6.58. The zero-order valence-electron chi connectivity index (χ0n) is 11.8. The summed E-state index contributed by atoms with van der Waals surface area (Å²) in [6, 6.07) is 8.29. The fraction of sp³-hybridized carbons (Fsp3) is 0.133. The summed E-state index contributed by atoms with van der Waals surface area (Å²) < 4.78 is 25.1. The van der Waals surface area contributed by atoms with E-state index in [4.69, 9.17) is 0 Å². The number of aromatic nitrogens is 1. The van der Waals surface area contributed by atoms with Crippen molar-refractivity contribution < 1.29 is 13.2 Å². The van der Waals surface area contributed by atoms with Crippen LogP contribution in [0.3, 0.4) is 0 Å². The van der Waals surface area contributed by atoms with Crippen molar-refractivity contribution in [2.24, 2.45) is 0 Å². The van der Waals surface area contributed by atoms with E-state index in [9.17, 15) is 13.2 Å². The third-order valence-electron chi connectivity index (χ3n) is 3.09. The van der Waals surface area contributed by atoms with E-state index in [1.807, 2.05) is 19.9 Å². The Kier molecular flexibility index (Phi) is 4.28. The molecule has 0 aliphatic rings. The van der Waals surface area contributed by atoms with Crippen LogP contribution in [0.2, 0.25) is 0 Å². The zero-order valence-corrected chi connectivity index (χ0v) is 12.6. The molecule has 0 bridgehead atoms. The first kappa shape index (κ1) is 15.1. The molecular weight excluding hydrogens is 288 g/mol. The Hall–Kier alpha value is -2.34. The van der Waals surface area contributed by atoms with Gasteiger partial charge in [-0.1, -0.05) is 17.7 Å². The van der Waals surface area contributed by atoms with Crippen molar-refractivity contribution in [3.8, 4) is 0 Å². The highest BCUT2D eigenvalue weighted by atomic mass is 32.2. The van der Waals surface area contributed by atoms with Gasteiger partial charge >= 0.3 is 0 Å². The minimum Gasteiger partial charge on any atom is -0.361 e. The van der Waals surface area contributed by atoms with E-state index >= 15 is 0 Å². The molecule has 2 rings (SSSR count). The van der Waals surface area contributed by atoms with E-state index in [1.165, 1.54) is 18.2 Å². The molecule has 0 unspecified atom stereocenters. The predicted octanol–water partition coefficient (Wildman–Crippen LogP) is 2.15. The first-order valence-corrected chi connectivity index (χ1v) is 7.81. The smallest absolute Gasteiger partial charge is 0.221 e. The molecule has 0 radical (unpaired) electrons. The Balaban J connectivity index is 2.51. The quantitative estimate of drug-likeness (QED) is 0.831. The lowest BCUT2D eigenvalue weighted by Crippen LogP contribution is -2.19. The third kappa shape index (κ3) is 3.22. The molecule has 1 heterocycles. The molecule has 2 N–H and O–H groups in total. The molecule has 6 heteroatoms. The van der Waals surface area contributed by atoms with Gasteiger partial charge in [-0.15, -0.1) is 0 Å². The fourth-order valence-corrected chi connectivity index (χ4v) is 3.07. The van der Waals surface area contributed by atoms with E-state index < -0.39 is 9.84 Å². The van der Waals surface area contributed by atoms with Gasteiger partial charge in [0.1, 0.15) is 5.03 Å². The maximum Gasteiger partial charge on any atom is 0.221 e. The molecule has 0 saturated carbocycles. The lowest BCUT2D eigenvalue weighted by Gasteiger charge is -2.08. The number of aromatic amines is 1. The van der Waals surface area contributed by atoms with Crippen molar-refractivity contribution in [1.29, 1.82) is 0 Å². The van der Waals surface area contributed by atoms with E-state index in [0.717, 1.165) is 11.1 Å². The van der Waals surface area contributed by atoms with Crippen LogP contribution in [0, 0.1) is 13.8 Å². The molecular formula is C15H16N2O3S. The highest BCUT2D eigenvalue weighted by molar-refractivity contribution is 7.95. The van der Waals surface area contributed by atoms with Crippen molar-refractivity contribution in [3.05, 3.63) is 58.4 Å². The second-order valence-electron chi connectivity index (χ2n) is 4.66. The molecule has 1 aromatic heterocycles. The Morgan fingerprint density at radius 1 is 1.14 bits per heavy atom. The lowest BCUT2D eigenvalue weighted by atomic mass is 10.2. The van der Waals surface area contributed by atoms with Gasteiger partial charge in [-0.05, 0) is 43.7 Å². The summed E-state index contributed by atoms with van der Waals surface area (Å²) in [6.07, 6.45) is 3.48. The lowest BCUT2D eigenvalue weighted by molar-refractivity contribution is -0.108. The second kappa shape index (κ2) is 5.97. The van der Waals surface area contributed by atoms with E-state index in [1.54, 1.807) is 18.3 Å². The minimum absolute atomic E-state index is 0.137. The van der Waals surface area contributed by atoms with E-state index in [-0.39, 0.29) is 9.92 Å². The number of aryl methyl sites for hydroxylation is 2. The number of nitrogens with one attached hydrogen (secondary N) is 2. The van der Waals surface area contributed by atoms with Crippen LogP contribution < -0.4 is 5.32 Å². The maximum absolute atomic E-state index is 12.6. The number of hydrogen-bond acceptors (Lipinski definition) is 3. The van der Waals surface area contributed by atoms with Gasteiger partial charge in [-0.3, -0.25) is 4.79 Å². The fourth-order valence-electron chi connectivity index (χ4n) is 1.85. The van der Waals surface area contributed by atoms with Crippen LogP contribution in [-0.4, -0.2) is 19.8 Å². The van der Waals surface area contributed by atoms with Crippen molar-refractivity contribution >= 4 is 22.3 Å². The van der Waals surface area contributed by atoms with Gasteiger partial charge in [0, 0.05) is 11.9 Å². The summed E-state index contributed by atoms with van der Waals surface area (Å²) >= 11 is 0. The van der Waals surface area contributed by atoms with Gasteiger partial charge < -0.3 is 10.3 Å². The van der Waals surface area contributed by atoms with Gasteiger partial charge in [0.05, 0.1) is 4.90 Å². The first-order valence-electron chi connectivity index (χ1n) is 6.33. The maximum atomic E-state index is 12.6. The summed E-state index contributed by atoms with van der Waals surface area (Å²) in [7, 11) is -3.77. The van der Waals surface area contributed by atoms with Crippen molar-refractivity contribution in [1.82, 2.24) is 10.3 Å². The van der Waals surface area contributed by atoms with Crippen LogP contribution in [0.25, 0.3) is 6.08 Å². The number of rotatable bonds is 5. The van der Waals surface area contributed by atoms with Crippen LogP contribution in [0.1, 0.15) is 16.8 Å². The zero-order chi connectivity index (χ0) is 15.5. The molecule has 1 amide bonds. The van der Waals surface area contributed by atoms with Gasteiger partial charge in [-0.2, -0.15) is 0 Å². The van der Waals surface area contributed by atoms with E-state index in [0.29, 0.717) is 12.1 Å². The number of amides is 1. The molecule has 2 aromatic rings. The normalized spacial score (nSPS) is 12.2. The SMILES string of the molecule is Cc1ccc(S(=O)(=O)C(=Cc2[nH]ccc2C)NC=O)cc1. The molecule has 0 atom stereocenters. The van der Waals surface area contributed by atoms with Crippen molar-refractivity contribution in [3.63, 3.8) is 0 Å². The molecule has 1 aromatic carbocycles. The van der Waals surface area contributed by atoms with Crippen LogP contribution in [0.4, 0.5) is 0 Å². The Morgan fingerprint density at radius 3 is 2.33 bits per heavy atom. The minimum atomic E-state index is -3.77. The standard InChI is InChI=1S/C15H16N2O3S/c1-11-3-5-13(6-4-11)21(19,20)15(17-10-18)9-14-12(2)7-8-16-14/h3-10,16H,1-2H3,(H,17,18). The molecule has 21 heavy (non-hydrogen) atoms. The van der Waals surface area contributed by atoms with E-state index in [2.05, 4.69) is 10.3 Å². The molecule has 0 aliphatic carbocycles. The summed E-state index contributed by atoms with van der Waals surface area (Å²) in [5.41, 5.74) is 2.48. The monoisotopic (exact) mass is 304 g/mol. The number of sulfone groups is 1. The number of benzene rings is 1. The largest absolute Gasteiger partial charge is 0.361 e. The third-order valence-corrected chi connectivity index (χ3v) is 4.80. The summed E-state index contributed by atoms with van der Waals surface area (Å²) in [5, 5.41) is 2.11. The van der Waals surface area contributed by atoms with Crippen LogP contribution in [0.5, 0.6) is 0 Å². The topological polar surface area (TPSA) is 79.0 Å². The average molecular weight is 304 g/mol. The van der Waals surface area contributed by atoms with Crippen molar-refractivity contribution in [2.45, 2.75) is 18.7 Å². The Labute approximate surface area is 123 Å². The highest BCUT2D eigenvalue weighted by Crippen LogP contribution is 2.20. The Morgan fingerprint density at radius 2 is 1.81 bits per heavy atom. The molecule has 0 spiro atoms. The van der Waals surface area contributed by atoms with Gasteiger partial charge in [-0.25, -0.2) is 8.42 Å². The first-order chi connectivity index (χ1) is 9.95. The van der Waals surface area contributed by atoms with Gasteiger partial charge in [0.2, 0.25) is 16.2 Å². The molecule has 110 valence electrons. The van der Waals surface area contributed by atoms with Crippen LogP contribution in [0.15, 0.2) is 46.5 Å². The molecule has 0 saturated heterocycles. The van der Waals surface area contributed by atoms with Crippen LogP contribution >= 0.6 is 0 Å². The van der Waals surface area contributed by atoms with Crippen molar-refractivity contribution in [2.75, 3.05) is 0 Å². The predicted molar refractivity (Wildman–Crippen MR) is 81.1 cm³/mol. The average Bonchev–Trinajstić information content (AvgIpc) is 2.84. The number of H-pyrrole nitrogens is 1.